The van der Waals surface area contributed by atoms with Gasteiger partial charge in [0.1, 0.15) is 6.33 Å². The highest BCUT2D eigenvalue weighted by atomic mass is 15.1. The quantitative estimate of drug-likeness (QED) is 0.751. The molecule has 4 nitrogen and oxygen atoms in total. The van der Waals surface area contributed by atoms with Crippen molar-refractivity contribution in [3.63, 3.8) is 0 Å². The molecule has 16 heavy (non-hydrogen) atoms. The highest BCUT2D eigenvalue weighted by Crippen LogP contribution is 2.25. The Balaban J connectivity index is 1.96. The number of nitrogens with one attached hydrogen (secondary N) is 1. The van der Waals surface area contributed by atoms with Gasteiger partial charge in [0.15, 0.2) is 5.82 Å². The molecule has 1 aromatic rings. The van der Waals surface area contributed by atoms with Crippen LogP contribution in [0.3, 0.4) is 0 Å². The van der Waals surface area contributed by atoms with Crippen molar-refractivity contribution in [3.05, 3.63) is 12.5 Å². The van der Waals surface area contributed by atoms with Crippen molar-refractivity contribution < 1.29 is 0 Å². The van der Waals surface area contributed by atoms with Gasteiger partial charge in [-0.3, -0.25) is 0 Å². The zero-order chi connectivity index (χ0) is 11.4. The second kappa shape index (κ2) is 5.14. The summed E-state index contributed by atoms with van der Waals surface area (Å²) >= 11 is 0. The number of nitrogen functional groups attached to an aromatic ring is 1. The fraction of sp³-hybridized carbons (Fsp3) is 0.667. The lowest BCUT2D eigenvalue weighted by Gasteiger charge is -2.17. The predicted octanol–water partition coefficient (Wildman–Crippen LogP) is 2.44. The number of nitrogens with two attached hydrogens (primary N) is 1. The second-order valence-electron chi connectivity index (χ2n) is 4.78. The number of rotatable bonds is 2. The molecule has 0 amide bonds. The van der Waals surface area contributed by atoms with E-state index in [0.29, 0.717) is 11.7 Å². The number of anilines is 2. The summed E-state index contributed by atoms with van der Waals surface area (Å²) in [5, 5.41) is 3.43. The van der Waals surface area contributed by atoms with E-state index in [9.17, 15) is 0 Å². The van der Waals surface area contributed by atoms with E-state index in [1.54, 1.807) is 6.20 Å². The van der Waals surface area contributed by atoms with Crippen LogP contribution in [0.5, 0.6) is 0 Å². The molecule has 0 aromatic carbocycles. The highest BCUT2D eigenvalue weighted by Gasteiger charge is 2.16. The van der Waals surface area contributed by atoms with Crippen LogP contribution in [0.15, 0.2) is 12.5 Å². The van der Waals surface area contributed by atoms with Crippen molar-refractivity contribution in [1.82, 2.24) is 9.97 Å². The van der Waals surface area contributed by atoms with Gasteiger partial charge in [0.25, 0.3) is 0 Å². The number of hydrogen-bond donors (Lipinski definition) is 2. The normalized spacial score (nSPS) is 26.1. The number of hydrogen-bond acceptors (Lipinski definition) is 4. The van der Waals surface area contributed by atoms with Crippen LogP contribution in [0.4, 0.5) is 11.5 Å². The average molecular weight is 220 g/mol. The Hall–Kier alpha value is -1.32. The Labute approximate surface area is 96.7 Å². The first-order valence-corrected chi connectivity index (χ1v) is 6.07. The summed E-state index contributed by atoms with van der Waals surface area (Å²) in [7, 11) is 0. The fourth-order valence-corrected chi connectivity index (χ4v) is 2.29. The third kappa shape index (κ3) is 2.84. The molecule has 4 heteroatoms. The molecular weight excluding hydrogens is 200 g/mol. The smallest absolute Gasteiger partial charge is 0.152 e. The van der Waals surface area contributed by atoms with Crippen LogP contribution in [0.1, 0.15) is 39.0 Å². The van der Waals surface area contributed by atoms with Crippen LogP contribution in [-0.2, 0) is 0 Å². The molecule has 0 saturated heterocycles. The summed E-state index contributed by atoms with van der Waals surface area (Å²) in [5.41, 5.74) is 6.46. The first-order valence-electron chi connectivity index (χ1n) is 6.07. The van der Waals surface area contributed by atoms with Crippen LogP contribution in [0, 0.1) is 5.92 Å². The molecule has 2 rings (SSSR count). The van der Waals surface area contributed by atoms with Crippen LogP contribution in [-0.4, -0.2) is 16.0 Å². The largest absolute Gasteiger partial charge is 0.394 e. The van der Waals surface area contributed by atoms with E-state index in [0.717, 1.165) is 11.7 Å². The minimum atomic E-state index is 0.516. The van der Waals surface area contributed by atoms with Crippen molar-refractivity contribution in [2.45, 2.75) is 45.1 Å². The molecule has 2 atom stereocenters. The number of aromatic nitrogens is 2. The molecule has 2 unspecified atom stereocenters. The third-order valence-electron chi connectivity index (χ3n) is 3.34. The standard InChI is InChI=1S/C12H20N4/c1-9-3-2-4-10(6-5-9)16-12-11(13)7-14-8-15-12/h7-10H,2-6,13H2,1H3,(H,14,15,16). The topological polar surface area (TPSA) is 63.8 Å². The van der Waals surface area contributed by atoms with Gasteiger partial charge in [-0.2, -0.15) is 0 Å². The molecular formula is C12H20N4. The van der Waals surface area contributed by atoms with E-state index in [-0.39, 0.29) is 0 Å². The maximum atomic E-state index is 5.82. The summed E-state index contributed by atoms with van der Waals surface area (Å²) in [5.74, 6) is 1.64. The summed E-state index contributed by atoms with van der Waals surface area (Å²) in [4.78, 5) is 8.07. The molecule has 1 heterocycles. The van der Waals surface area contributed by atoms with Crippen molar-refractivity contribution in [2.24, 2.45) is 5.92 Å². The molecule has 0 aliphatic heterocycles. The first-order chi connectivity index (χ1) is 7.75. The lowest BCUT2D eigenvalue weighted by Crippen LogP contribution is -2.20. The van der Waals surface area contributed by atoms with Gasteiger partial charge in [0, 0.05) is 6.04 Å². The molecule has 1 fully saturated rings. The average Bonchev–Trinajstić information content (AvgIpc) is 2.47. The van der Waals surface area contributed by atoms with E-state index in [2.05, 4.69) is 22.2 Å². The SMILES string of the molecule is CC1CCCC(Nc2ncncc2N)CC1. The highest BCUT2D eigenvalue weighted by molar-refractivity contribution is 5.59. The Morgan fingerprint density at radius 1 is 1.31 bits per heavy atom. The minimum Gasteiger partial charge on any atom is -0.394 e. The maximum absolute atomic E-state index is 5.82. The van der Waals surface area contributed by atoms with Crippen molar-refractivity contribution >= 4 is 11.5 Å². The Morgan fingerprint density at radius 3 is 3.00 bits per heavy atom. The van der Waals surface area contributed by atoms with Crippen molar-refractivity contribution in [3.8, 4) is 0 Å². The van der Waals surface area contributed by atoms with Crippen molar-refractivity contribution in [1.29, 1.82) is 0 Å². The molecule has 0 spiro atoms. The lowest BCUT2D eigenvalue weighted by atomic mass is 10.0. The molecule has 1 aliphatic carbocycles. The van der Waals surface area contributed by atoms with Crippen LogP contribution < -0.4 is 11.1 Å². The maximum Gasteiger partial charge on any atom is 0.152 e. The van der Waals surface area contributed by atoms with E-state index in [1.165, 1.54) is 38.4 Å². The van der Waals surface area contributed by atoms with Gasteiger partial charge >= 0.3 is 0 Å². The molecule has 1 aliphatic rings. The minimum absolute atomic E-state index is 0.516. The van der Waals surface area contributed by atoms with Gasteiger partial charge in [-0.1, -0.05) is 19.8 Å². The van der Waals surface area contributed by atoms with Gasteiger partial charge in [0.05, 0.1) is 11.9 Å². The van der Waals surface area contributed by atoms with Gasteiger partial charge in [-0.05, 0) is 25.2 Å². The van der Waals surface area contributed by atoms with E-state index >= 15 is 0 Å². The molecule has 0 radical (unpaired) electrons. The third-order valence-corrected chi connectivity index (χ3v) is 3.34. The Morgan fingerprint density at radius 2 is 2.19 bits per heavy atom. The molecule has 0 bridgehead atoms. The summed E-state index contributed by atoms with van der Waals surface area (Å²) in [6.45, 7) is 2.33. The van der Waals surface area contributed by atoms with Crippen molar-refractivity contribution in [2.75, 3.05) is 11.1 Å². The van der Waals surface area contributed by atoms with Gasteiger partial charge in [-0.25, -0.2) is 9.97 Å². The van der Waals surface area contributed by atoms with Gasteiger partial charge < -0.3 is 11.1 Å². The lowest BCUT2D eigenvalue weighted by molar-refractivity contribution is 0.502. The molecule has 88 valence electrons. The molecule has 3 N–H and O–H groups in total. The zero-order valence-corrected chi connectivity index (χ0v) is 9.82. The predicted molar refractivity (Wildman–Crippen MR) is 66.1 cm³/mol. The summed E-state index contributed by atoms with van der Waals surface area (Å²) in [6, 6.07) is 0.516. The van der Waals surface area contributed by atoms with Crippen LogP contribution in [0.2, 0.25) is 0 Å². The Bertz CT molecular complexity index is 340. The molecule has 1 saturated carbocycles. The van der Waals surface area contributed by atoms with Crippen LogP contribution >= 0.6 is 0 Å². The van der Waals surface area contributed by atoms with E-state index in [1.807, 2.05) is 0 Å². The molecule has 1 aromatic heterocycles. The first kappa shape index (κ1) is 11.2. The Kier molecular flexibility index (Phi) is 3.59. The van der Waals surface area contributed by atoms with Gasteiger partial charge in [0.2, 0.25) is 0 Å². The van der Waals surface area contributed by atoms with Crippen LogP contribution in [0.25, 0.3) is 0 Å². The number of nitrogens with zero attached hydrogens (tertiary/aromatic N) is 2. The second-order valence-corrected chi connectivity index (χ2v) is 4.78. The van der Waals surface area contributed by atoms with Gasteiger partial charge in [-0.15, -0.1) is 0 Å². The monoisotopic (exact) mass is 220 g/mol. The van der Waals surface area contributed by atoms with E-state index < -0.39 is 0 Å². The zero-order valence-electron chi connectivity index (χ0n) is 9.82. The summed E-state index contributed by atoms with van der Waals surface area (Å²) in [6.07, 6.45) is 9.55. The fourth-order valence-electron chi connectivity index (χ4n) is 2.29. The summed E-state index contributed by atoms with van der Waals surface area (Å²) < 4.78 is 0. The van der Waals surface area contributed by atoms with E-state index in [4.69, 9.17) is 5.73 Å².